The van der Waals surface area contributed by atoms with Crippen molar-refractivity contribution in [2.24, 2.45) is 0 Å². The highest BCUT2D eigenvalue weighted by Gasteiger charge is 2.31. The largest absolute Gasteiger partial charge is 0.406 e. The van der Waals surface area contributed by atoms with Gasteiger partial charge in [0.25, 0.3) is 0 Å². The van der Waals surface area contributed by atoms with Gasteiger partial charge in [0.05, 0.1) is 18.4 Å². The Morgan fingerprint density at radius 3 is 2.50 bits per heavy atom. The molecule has 0 N–H and O–H groups in total. The first-order chi connectivity index (χ1) is 11.2. The molecule has 0 saturated heterocycles. The van der Waals surface area contributed by atoms with Crippen LogP contribution in [0.3, 0.4) is 0 Å². The van der Waals surface area contributed by atoms with Gasteiger partial charge in [-0.1, -0.05) is 18.2 Å². The first-order valence-electron chi connectivity index (χ1n) is 7.33. The molecule has 24 heavy (non-hydrogen) atoms. The molecule has 1 aromatic carbocycles. The van der Waals surface area contributed by atoms with Crippen LogP contribution in [-0.2, 0) is 11.3 Å². The van der Waals surface area contributed by atoms with E-state index < -0.39 is 18.6 Å². The van der Waals surface area contributed by atoms with E-state index in [1.165, 1.54) is 0 Å². The fourth-order valence-corrected chi connectivity index (χ4v) is 2.24. The molecule has 5 nitrogen and oxygen atoms in total. The molecule has 1 amide bonds. The van der Waals surface area contributed by atoms with Gasteiger partial charge in [-0.15, -0.1) is 0 Å². The quantitative estimate of drug-likeness (QED) is 0.810. The van der Waals surface area contributed by atoms with Gasteiger partial charge in [-0.05, 0) is 19.2 Å². The van der Waals surface area contributed by atoms with Crippen molar-refractivity contribution in [3.05, 3.63) is 48.3 Å². The molecule has 0 radical (unpaired) electrons. The molecule has 0 saturated carbocycles. The molecule has 0 aliphatic carbocycles. The number of hydrogen-bond donors (Lipinski definition) is 0. The fraction of sp³-hybridized carbons (Fsp3) is 0.375. The summed E-state index contributed by atoms with van der Waals surface area (Å²) in [4.78, 5) is 14.2. The summed E-state index contributed by atoms with van der Waals surface area (Å²) in [6.07, 6.45) is -0.886. The molecule has 1 aromatic heterocycles. The van der Waals surface area contributed by atoms with Gasteiger partial charge < -0.3 is 4.90 Å². The van der Waals surface area contributed by atoms with Crippen LogP contribution in [0, 0.1) is 0 Å². The van der Waals surface area contributed by atoms with E-state index >= 15 is 0 Å². The normalized spacial score (nSPS) is 11.8. The van der Waals surface area contributed by atoms with E-state index in [4.69, 9.17) is 0 Å². The van der Waals surface area contributed by atoms with Crippen molar-refractivity contribution < 1.29 is 18.0 Å². The molecule has 0 aliphatic rings. The number of alkyl halides is 3. The lowest BCUT2D eigenvalue weighted by Crippen LogP contribution is -2.41. The molecule has 0 aliphatic heterocycles. The number of nitrogens with zero attached hydrogens (tertiary/aromatic N) is 4. The summed E-state index contributed by atoms with van der Waals surface area (Å²) in [6.45, 7) is -0.923. The van der Waals surface area contributed by atoms with Crippen molar-refractivity contribution in [2.45, 2.75) is 12.7 Å². The van der Waals surface area contributed by atoms with Crippen LogP contribution in [0.15, 0.2) is 42.7 Å². The maximum atomic E-state index is 12.3. The third-order valence-corrected chi connectivity index (χ3v) is 3.36. The predicted octanol–water partition coefficient (Wildman–Crippen LogP) is 2.32. The monoisotopic (exact) mass is 340 g/mol. The molecule has 2 aromatic rings. The van der Waals surface area contributed by atoms with Crippen molar-refractivity contribution >= 4 is 5.91 Å². The van der Waals surface area contributed by atoms with Crippen molar-refractivity contribution in [3.63, 3.8) is 0 Å². The highest BCUT2D eigenvalue weighted by Crippen LogP contribution is 2.15. The number of likely N-dealkylation sites (N-methyl/N-ethyl adjacent to an activating group) is 2. The standard InChI is InChI=1S/C16H19F3N4O/c1-21(11-15(24)22(2)12-16(17,18)19)9-13-8-20-23(10-13)14-6-4-3-5-7-14/h3-8,10H,9,11-12H2,1-2H3. The third kappa shape index (κ3) is 5.38. The predicted molar refractivity (Wildman–Crippen MR) is 83.6 cm³/mol. The lowest BCUT2D eigenvalue weighted by Gasteiger charge is -2.22. The molecule has 2 rings (SSSR count). The molecule has 130 valence electrons. The maximum absolute atomic E-state index is 12.3. The van der Waals surface area contributed by atoms with Gasteiger partial charge in [-0.2, -0.15) is 18.3 Å². The summed E-state index contributed by atoms with van der Waals surface area (Å²) in [6, 6.07) is 9.53. The average Bonchev–Trinajstić information content (AvgIpc) is 2.94. The maximum Gasteiger partial charge on any atom is 0.406 e. The summed E-state index contributed by atoms with van der Waals surface area (Å²) in [7, 11) is 2.83. The Morgan fingerprint density at radius 2 is 1.88 bits per heavy atom. The van der Waals surface area contributed by atoms with E-state index in [-0.39, 0.29) is 6.54 Å². The number of hydrogen-bond acceptors (Lipinski definition) is 3. The third-order valence-electron chi connectivity index (χ3n) is 3.36. The van der Waals surface area contributed by atoms with Crippen LogP contribution in [0.1, 0.15) is 5.56 Å². The first kappa shape index (κ1) is 18.0. The van der Waals surface area contributed by atoms with Gasteiger partial charge >= 0.3 is 6.18 Å². The summed E-state index contributed by atoms with van der Waals surface area (Å²) >= 11 is 0. The Bertz CT molecular complexity index is 669. The topological polar surface area (TPSA) is 41.4 Å². The van der Waals surface area contributed by atoms with Gasteiger partial charge in [0.2, 0.25) is 5.91 Å². The molecule has 0 spiro atoms. The zero-order chi connectivity index (χ0) is 17.7. The second-order valence-electron chi connectivity index (χ2n) is 5.67. The van der Waals surface area contributed by atoms with E-state index in [1.54, 1.807) is 22.8 Å². The molecular weight excluding hydrogens is 321 g/mol. The number of benzene rings is 1. The van der Waals surface area contributed by atoms with Crippen LogP contribution in [-0.4, -0.2) is 58.8 Å². The van der Waals surface area contributed by atoms with Crippen LogP contribution in [0.5, 0.6) is 0 Å². The lowest BCUT2D eigenvalue weighted by atomic mass is 10.3. The van der Waals surface area contributed by atoms with Crippen molar-refractivity contribution in [3.8, 4) is 5.69 Å². The fourth-order valence-electron chi connectivity index (χ4n) is 2.24. The molecule has 0 bridgehead atoms. The van der Waals surface area contributed by atoms with Crippen LogP contribution in [0.4, 0.5) is 13.2 Å². The Morgan fingerprint density at radius 1 is 1.21 bits per heavy atom. The molecule has 8 heteroatoms. The number of rotatable bonds is 6. The first-order valence-corrected chi connectivity index (χ1v) is 7.33. The van der Waals surface area contributed by atoms with E-state index in [9.17, 15) is 18.0 Å². The van der Waals surface area contributed by atoms with E-state index in [2.05, 4.69) is 5.10 Å². The van der Waals surface area contributed by atoms with Gasteiger partial charge in [0, 0.05) is 25.4 Å². The number of carbonyl (C=O) groups is 1. The molecule has 0 fully saturated rings. The molecule has 0 atom stereocenters. The number of halogens is 3. The Labute approximate surface area is 138 Å². The van der Waals surface area contributed by atoms with Gasteiger partial charge in [0.15, 0.2) is 0 Å². The zero-order valence-electron chi connectivity index (χ0n) is 13.5. The zero-order valence-corrected chi connectivity index (χ0v) is 13.5. The summed E-state index contributed by atoms with van der Waals surface area (Å²) in [5.74, 6) is -0.578. The Hall–Kier alpha value is -2.35. The number of aromatic nitrogens is 2. The number of amides is 1. The lowest BCUT2D eigenvalue weighted by molar-refractivity contribution is -0.158. The molecule has 0 unspecified atom stereocenters. The van der Waals surface area contributed by atoms with Gasteiger partial charge in [-0.3, -0.25) is 9.69 Å². The summed E-state index contributed by atoms with van der Waals surface area (Å²) in [5.41, 5.74) is 1.78. The highest BCUT2D eigenvalue weighted by molar-refractivity contribution is 5.78. The van der Waals surface area contributed by atoms with Gasteiger partial charge in [-0.25, -0.2) is 4.68 Å². The van der Waals surface area contributed by atoms with Crippen molar-refractivity contribution in [2.75, 3.05) is 27.2 Å². The second-order valence-corrected chi connectivity index (χ2v) is 5.67. The Balaban J connectivity index is 1.90. The van der Waals surface area contributed by atoms with E-state index in [1.807, 2.05) is 36.5 Å². The van der Waals surface area contributed by atoms with Gasteiger partial charge in [0.1, 0.15) is 6.54 Å². The SMILES string of the molecule is CN(CC(=O)N(C)CC(F)(F)F)Cc1cnn(-c2ccccc2)c1. The van der Waals surface area contributed by atoms with Crippen molar-refractivity contribution in [1.29, 1.82) is 0 Å². The number of para-hydroxylation sites is 1. The van der Waals surface area contributed by atoms with Crippen molar-refractivity contribution in [1.82, 2.24) is 19.6 Å². The number of carbonyl (C=O) groups excluding carboxylic acids is 1. The highest BCUT2D eigenvalue weighted by atomic mass is 19.4. The summed E-state index contributed by atoms with van der Waals surface area (Å²) in [5, 5.41) is 4.25. The molecule has 1 heterocycles. The molecular formula is C16H19F3N4O. The minimum absolute atomic E-state index is 0.0941. The van der Waals surface area contributed by atoms with E-state index in [0.29, 0.717) is 11.4 Å². The summed E-state index contributed by atoms with van der Waals surface area (Å²) < 4.78 is 38.6. The second kappa shape index (κ2) is 7.48. The van der Waals surface area contributed by atoms with Crippen LogP contribution in [0.2, 0.25) is 0 Å². The minimum Gasteiger partial charge on any atom is -0.336 e. The smallest absolute Gasteiger partial charge is 0.336 e. The average molecular weight is 340 g/mol. The van der Waals surface area contributed by atoms with Crippen LogP contribution < -0.4 is 0 Å². The van der Waals surface area contributed by atoms with Crippen LogP contribution >= 0.6 is 0 Å². The van der Waals surface area contributed by atoms with Crippen LogP contribution in [0.25, 0.3) is 5.69 Å². The van der Waals surface area contributed by atoms with E-state index in [0.717, 1.165) is 18.3 Å². The minimum atomic E-state index is -4.39. The Kier molecular flexibility index (Phi) is 5.61.